The minimum atomic E-state index is 0. The van der Waals surface area contributed by atoms with Crippen molar-refractivity contribution in [3.63, 3.8) is 0 Å². The molecule has 0 saturated carbocycles. The van der Waals surface area contributed by atoms with Crippen molar-refractivity contribution in [1.82, 2.24) is 0 Å². The Morgan fingerprint density at radius 2 is 1.93 bits per heavy atom. The van der Waals surface area contributed by atoms with Crippen LogP contribution in [0.1, 0.15) is 0 Å². The van der Waals surface area contributed by atoms with Crippen molar-refractivity contribution in [2.75, 3.05) is 12.8 Å². The lowest BCUT2D eigenvalue weighted by molar-refractivity contribution is 0.417. The summed E-state index contributed by atoms with van der Waals surface area (Å²) in [5, 5.41) is 2.13. The van der Waals surface area contributed by atoms with Crippen molar-refractivity contribution in [3.8, 4) is 5.75 Å². The third-order valence-electron chi connectivity index (χ3n) is 2.20. The van der Waals surface area contributed by atoms with Gasteiger partial charge in [-0.3, -0.25) is 0 Å². The zero-order chi connectivity index (χ0) is 10.1. The topological polar surface area (TPSA) is 35.2 Å². The lowest BCUT2D eigenvalue weighted by Gasteiger charge is -2.07. The number of nitrogen functional groups attached to an aromatic ring is 1. The molecule has 2 nitrogen and oxygen atoms in total. The van der Waals surface area contributed by atoms with Gasteiger partial charge in [-0.05, 0) is 23.6 Å². The fourth-order valence-corrected chi connectivity index (χ4v) is 1.86. The van der Waals surface area contributed by atoms with Crippen molar-refractivity contribution in [2.45, 2.75) is 0 Å². The second-order valence-electron chi connectivity index (χ2n) is 3.05. The van der Waals surface area contributed by atoms with E-state index in [2.05, 4.69) is 15.9 Å². The first kappa shape index (κ1) is 12.1. The Bertz CT molecular complexity index is 487. The number of fused-ring (bicyclic) bond motifs is 1. The van der Waals surface area contributed by atoms with E-state index in [-0.39, 0.29) is 12.4 Å². The van der Waals surface area contributed by atoms with E-state index >= 15 is 0 Å². The Labute approximate surface area is 103 Å². The molecule has 2 aromatic rings. The van der Waals surface area contributed by atoms with E-state index in [1.807, 2.05) is 30.3 Å². The molecule has 15 heavy (non-hydrogen) atoms. The zero-order valence-electron chi connectivity index (χ0n) is 8.16. The van der Waals surface area contributed by atoms with Crippen molar-refractivity contribution < 1.29 is 4.74 Å². The molecule has 2 N–H and O–H groups in total. The Balaban J connectivity index is 0.00000112. The summed E-state index contributed by atoms with van der Waals surface area (Å²) in [7, 11) is 1.62. The summed E-state index contributed by atoms with van der Waals surface area (Å²) >= 11 is 3.42. The first-order valence-corrected chi connectivity index (χ1v) is 5.03. The van der Waals surface area contributed by atoms with Gasteiger partial charge in [0.1, 0.15) is 5.75 Å². The third-order valence-corrected chi connectivity index (χ3v) is 2.70. The van der Waals surface area contributed by atoms with Crippen LogP contribution in [-0.4, -0.2) is 7.11 Å². The monoisotopic (exact) mass is 287 g/mol. The smallest absolute Gasteiger partial charge is 0.142 e. The van der Waals surface area contributed by atoms with Crippen molar-refractivity contribution in [3.05, 3.63) is 34.8 Å². The SMILES string of the molecule is COc1ccc2cc(Br)ccc2c1N.Cl. The number of halogens is 2. The van der Waals surface area contributed by atoms with Crippen LogP contribution in [0.15, 0.2) is 34.8 Å². The lowest BCUT2D eigenvalue weighted by atomic mass is 10.1. The molecular formula is C11H11BrClNO. The highest BCUT2D eigenvalue weighted by molar-refractivity contribution is 9.10. The molecule has 0 unspecified atom stereocenters. The van der Waals surface area contributed by atoms with E-state index in [4.69, 9.17) is 10.5 Å². The molecule has 0 spiro atoms. The van der Waals surface area contributed by atoms with Crippen LogP contribution < -0.4 is 10.5 Å². The quantitative estimate of drug-likeness (QED) is 0.814. The van der Waals surface area contributed by atoms with E-state index in [0.29, 0.717) is 5.69 Å². The molecule has 0 aliphatic carbocycles. The van der Waals surface area contributed by atoms with Crippen LogP contribution in [-0.2, 0) is 0 Å². The minimum absolute atomic E-state index is 0. The molecule has 0 fully saturated rings. The van der Waals surface area contributed by atoms with Gasteiger partial charge in [0.05, 0.1) is 12.8 Å². The molecule has 0 amide bonds. The van der Waals surface area contributed by atoms with Crippen LogP contribution in [0.3, 0.4) is 0 Å². The largest absolute Gasteiger partial charge is 0.495 e. The molecule has 2 aromatic carbocycles. The summed E-state index contributed by atoms with van der Waals surface area (Å²) in [6.07, 6.45) is 0. The predicted molar refractivity (Wildman–Crippen MR) is 69.9 cm³/mol. The lowest BCUT2D eigenvalue weighted by Crippen LogP contribution is -1.93. The minimum Gasteiger partial charge on any atom is -0.495 e. The van der Waals surface area contributed by atoms with Crippen molar-refractivity contribution in [1.29, 1.82) is 0 Å². The summed E-state index contributed by atoms with van der Waals surface area (Å²) in [6, 6.07) is 9.86. The van der Waals surface area contributed by atoms with Crippen LogP contribution in [0.25, 0.3) is 10.8 Å². The second kappa shape index (κ2) is 4.73. The predicted octanol–water partition coefficient (Wildman–Crippen LogP) is 3.61. The number of nitrogens with two attached hydrogens (primary N) is 1. The van der Waals surface area contributed by atoms with Gasteiger partial charge in [-0.15, -0.1) is 12.4 Å². The maximum absolute atomic E-state index is 5.94. The first-order chi connectivity index (χ1) is 6.72. The van der Waals surface area contributed by atoms with Gasteiger partial charge in [0.25, 0.3) is 0 Å². The molecule has 0 radical (unpaired) electrons. The van der Waals surface area contributed by atoms with Crippen molar-refractivity contribution in [2.24, 2.45) is 0 Å². The van der Waals surface area contributed by atoms with E-state index in [1.165, 1.54) is 0 Å². The summed E-state index contributed by atoms with van der Waals surface area (Å²) in [6.45, 7) is 0. The Kier molecular flexibility index (Phi) is 3.83. The van der Waals surface area contributed by atoms with Crippen LogP contribution in [0.4, 0.5) is 5.69 Å². The van der Waals surface area contributed by atoms with E-state index in [1.54, 1.807) is 7.11 Å². The van der Waals surface area contributed by atoms with E-state index in [0.717, 1.165) is 21.0 Å². The zero-order valence-corrected chi connectivity index (χ0v) is 10.6. The van der Waals surface area contributed by atoms with Crippen molar-refractivity contribution >= 4 is 44.8 Å². The average molecular weight is 289 g/mol. The number of methoxy groups -OCH3 is 1. The fraction of sp³-hybridized carbons (Fsp3) is 0.0909. The molecule has 0 heterocycles. The Morgan fingerprint density at radius 1 is 1.20 bits per heavy atom. The Hall–Kier alpha value is -0.930. The number of rotatable bonds is 1. The van der Waals surface area contributed by atoms with Gasteiger partial charge in [0.15, 0.2) is 0 Å². The molecule has 2 rings (SSSR count). The molecule has 80 valence electrons. The number of hydrogen-bond acceptors (Lipinski definition) is 2. The molecule has 0 aromatic heterocycles. The van der Waals surface area contributed by atoms with Crippen LogP contribution in [0, 0.1) is 0 Å². The first-order valence-electron chi connectivity index (χ1n) is 4.24. The number of anilines is 1. The van der Waals surface area contributed by atoms with Gasteiger partial charge in [0.2, 0.25) is 0 Å². The number of ether oxygens (including phenoxy) is 1. The normalized spacial score (nSPS) is 9.73. The summed E-state index contributed by atoms with van der Waals surface area (Å²) < 4.78 is 6.20. The molecule has 0 atom stereocenters. The van der Waals surface area contributed by atoms with Gasteiger partial charge in [-0.25, -0.2) is 0 Å². The number of hydrogen-bond donors (Lipinski definition) is 1. The summed E-state index contributed by atoms with van der Waals surface area (Å²) in [5.41, 5.74) is 6.63. The van der Waals surface area contributed by atoms with Crippen LogP contribution in [0.5, 0.6) is 5.75 Å². The average Bonchev–Trinajstić information content (AvgIpc) is 2.18. The van der Waals surface area contributed by atoms with Gasteiger partial charge in [-0.2, -0.15) is 0 Å². The third kappa shape index (κ3) is 2.19. The standard InChI is InChI=1S/C11H10BrNO.ClH/c1-14-10-5-2-7-6-8(12)3-4-9(7)11(10)13;/h2-6H,13H2,1H3;1H. The van der Waals surface area contributed by atoms with Gasteiger partial charge >= 0.3 is 0 Å². The Morgan fingerprint density at radius 3 is 2.60 bits per heavy atom. The summed E-state index contributed by atoms with van der Waals surface area (Å²) in [4.78, 5) is 0. The maximum atomic E-state index is 5.94. The molecule has 0 aliphatic rings. The molecular weight excluding hydrogens is 277 g/mol. The molecule has 4 heteroatoms. The van der Waals surface area contributed by atoms with Crippen LogP contribution >= 0.6 is 28.3 Å². The van der Waals surface area contributed by atoms with Crippen LogP contribution in [0.2, 0.25) is 0 Å². The molecule has 0 bridgehead atoms. The fourth-order valence-electron chi connectivity index (χ4n) is 1.48. The number of benzene rings is 2. The van der Waals surface area contributed by atoms with E-state index < -0.39 is 0 Å². The highest BCUT2D eigenvalue weighted by atomic mass is 79.9. The highest BCUT2D eigenvalue weighted by Gasteiger charge is 2.04. The van der Waals surface area contributed by atoms with Gasteiger partial charge in [-0.1, -0.05) is 28.1 Å². The molecule has 0 saturated heterocycles. The highest BCUT2D eigenvalue weighted by Crippen LogP contribution is 2.31. The second-order valence-corrected chi connectivity index (χ2v) is 3.96. The van der Waals surface area contributed by atoms with Gasteiger partial charge < -0.3 is 10.5 Å². The molecule has 0 aliphatic heterocycles. The maximum Gasteiger partial charge on any atom is 0.142 e. The van der Waals surface area contributed by atoms with E-state index in [9.17, 15) is 0 Å². The van der Waals surface area contributed by atoms with Gasteiger partial charge in [0, 0.05) is 9.86 Å². The summed E-state index contributed by atoms with van der Waals surface area (Å²) in [5.74, 6) is 0.722.